The molecule has 1 aliphatic carbocycles. The lowest BCUT2D eigenvalue weighted by atomic mass is 9.87. The van der Waals surface area contributed by atoms with Crippen molar-refractivity contribution in [2.75, 3.05) is 39.8 Å². The predicted molar refractivity (Wildman–Crippen MR) is 70.1 cm³/mol. The Hall–Kier alpha value is -0.410. The molecule has 0 aromatic heterocycles. The summed E-state index contributed by atoms with van der Waals surface area (Å²) in [5, 5.41) is 0. The third kappa shape index (κ3) is 3.52. The first-order valence-corrected chi connectivity index (χ1v) is 7.11. The summed E-state index contributed by atoms with van der Waals surface area (Å²) in [4.78, 5) is 16.2. The smallest absolute Gasteiger partial charge is 0.127 e. The normalized spacial score (nSPS) is 24.6. The predicted octanol–water partition coefficient (Wildman–Crippen LogP) is 1.77. The molecule has 1 saturated carbocycles. The highest BCUT2D eigenvalue weighted by atomic mass is 16.1. The molecule has 2 rings (SSSR count). The minimum Gasteiger partial charge on any atom is -0.304 e. The molecule has 0 aromatic rings. The van der Waals surface area contributed by atoms with Gasteiger partial charge in [0, 0.05) is 25.0 Å². The highest BCUT2D eigenvalue weighted by molar-refractivity contribution is 5.60. The lowest BCUT2D eigenvalue weighted by Crippen LogP contribution is -2.39. The summed E-state index contributed by atoms with van der Waals surface area (Å²) >= 11 is 0. The van der Waals surface area contributed by atoms with Crippen LogP contribution in [0.25, 0.3) is 0 Å². The fourth-order valence-corrected chi connectivity index (χ4v) is 3.33. The number of likely N-dealkylation sites (tertiary alicyclic amines) is 1. The topological polar surface area (TPSA) is 23.6 Å². The van der Waals surface area contributed by atoms with Gasteiger partial charge in [-0.15, -0.1) is 0 Å². The van der Waals surface area contributed by atoms with Crippen LogP contribution in [0.15, 0.2) is 0 Å². The van der Waals surface area contributed by atoms with E-state index in [1.807, 2.05) is 0 Å². The third-order valence-electron chi connectivity index (χ3n) is 4.43. The first-order chi connectivity index (χ1) is 8.24. The van der Waals surface area contributed by atoms with Gasteiger partial charge in [0.25, 0.3) is 0 Å². The van der Waals surface area contributed by atoms with Gasteiger partial charge in [0.05, 0.1) is 0 Å². The van der Waals surface area contributed by atoms with Gasteiger partial charge in [0.2, 0.25) is 0 Å². The van der Waals surface area contributed by atoms with Crippen LogP contribution < -0.4 is 0 Å². The Morgan fingerprint density at radius 2 is 1.82 bits per heavy atom. The van der Waals surface area contributed by atoms with Gasteiger partial charge in [-0.1, -0.05) is 12.8 Å². The van der Waals surface area contributed by atoms with E-state index in [4.69, 9.17) is 0 Å². The average molecular weight is 238 g/mol. The zero-order valence-electron chi connectivity index (χ0n) is 11.2. The molecule has 17 heavy (non-hydrogen) atoms. The molecule has 0 spiro atoms. The third-order valence-corrected chi connectivity index (χ3v) is 4.43. The van der Waals surface area contributed by atoms with Crippen LogP contribution in [0.2, 0.25) is 0 Å². The zero-order chi connectivity index (χ0) is 12.1. The van der Waals surface area contributed by atoms with Crippen molar-refractivity contribution >= 4 is 6.29 Å². The summed E-state index contributed by atoms with van der Waals surface area (Å²) in [6.07, 6.45) is 8.63. The van der Waals surface area contributed by atoms with Crippen LogP contribution in [0.4, 0.5) is 0 Å². The van der Waals surface area contributed by atoms with Gasteiger partial charge < -0.3 is 14.6 Å². The van der Waals surface area contributed by atoms with Crippen molar-refractivity contribution in [1.82, 2.24) is 9.80 Å². The number of carbonyl (C=O) groups is 1. The Balaban J connectivity index is 1.71. The largest absolute Gasteiger partial charge is 0.304 e. The molecule has 0 aromatic carbocycles. The van der Waals surface area contributed by atoms with E-state index in [-0.39, 0.29) is 5.41 Å². The van der Waals surface area contributed by atoms with Gasteiger partial charge in [-0.2, -0.15) is 0 Å². The Morgan fingerprint density at radius 1 is 1.18 bits per heavy atom. The summed E-state index contributed by atoms with van der Waals surface area (Å²) in [5.41, 5.74) is -0.0141. The molecule has 3 nitrogen and oxygen atoms in total. The maximum Gasteiger partial charge on any atom is 0.127 e. The fraction of sp³-hybridized carbons (Fsp3) is 0.929. The van der Waals surface area contributed by atoms with E-state index in [1.165, 1.54) is 51.6 Å². The van der Waals surface area contributed by atoms with Crippen molar-refractivity contribution in [3.63, 3.8) is 0 Å². The second-order valence-electron chi connectivity index (χ2n) is 5.97. The van der Waals surface area contributed by atoms with Gasteiger partial charge in [-0.3, -0.25) is 0 Å². The minimum absolute atomic E-state index is 0.0141. The van der Waals surface area contributed by atoms with E-state index >= 15 is 0 Å². The van der Waals surface area contributed by atoms with Crippen molar-refractivity contribution in [3.05, 3.63) is 0 Å². The van der Waals surface area contributed by atoms with Crippen molar-refractivity contribution in [2.24, 2.45) is 5.41 Å². The number of rotatable bonds is 6. The van der Waals surface area contributed by atoms with E-state index in [0.29, 0.717) is 0 Å². The van der Waals surface area contributed by atoms with Crippen LogP contribution in [0.3, 0.4) is 0 Å². The number of nitrogens with zero attached hydrogens (tertiary/aromatic N) is 2. The molecule has 0 radical (unpaired) electrons. The molecular weight excluding hydrogens is 212 g/mol. The van der Waals surface area contributed by atoms with Crippen LogP contribution in [0.1, 0.15) is 38.5 Å². The Labute approximate surface area is 105 Å². The fourth-order valence-electron chi connectivity index (χ4n) is 3.33. The van der Waals surface area contributed by atoms with Crippen LogP contribution >= 0.6 is 0 Å². The summed E-state index contributed by atoms with van der Waals surface area (Å²) < 4.78 is 0. The summed E-state index contributed by atoms with van der Waals surface area (Å²) in [6, 6.07) is 0. The Bertz CT molecular complexity index is 243. The lowest BCUT2D eigenvalue weighted by molar-refractivity contribution is -0.116. The zero-order valence-corrected chi connectivity index (χ0v) is 11.2. The molecule has 1 saturated heterocycles. The lowest BCUT2D eigenvalue weighted by Gasteiger charge is -2.29. The summed E-state index contributed by atoms with van der Waals surface area (Å²) in [5.74, 6) is 0. The highest BCUT2D eigenvalue weighted by Crippen LogP contribution is 2.36. The Morgan fingerprint density at radius 3 is 2.41 bits per heavy atom. The summed E-state index contributed by atoms with van der Waals surface area (Å²) in [7, 11) is 2.17. The van der Waals surface area contributed by atoms with E-state index in [9.17, 15) is 4.79 Å². The molecule has 98 valence electrons. The van der Waals surface area contributed by atoms with Crippen molar-refractivity contribution < 1.29 is 4.79 Å². The molecule has 0 amide bonds. The quantitative estimate of drug-likeness (QED) is 0.659. The van der Waals surface area contributed by atoms with Crippen LogP contribution in [-0.2, 0) is 4.79 Å². The number of likely N-dealkylation sites (N-methyl/N-ethyl adjacent to an activating group) is 1. The SMILES string of the molecule is CN(CCN1CCCC1)CC1(C=O)CCCC1. The van der Waals surface area contributed by atoms with E-state index in [2.05, 4.69) is 16.8 Å². The van der Waals surface area contributed by atoms with Crippen LogP contribution in [-0.4, -0.2) is 55.9 Å². The monoisotopic (exact) mass is 238 g/mol. The Kier molecular flexibility index (Phi) is 4.57. The molecule has 2 aliphatic rings. The summed E-state index contributed by atoms with van der Waals surface area (Å²) in [6.45, 7) is 5.78. The van der Waals surface area contributed by atoms with Gasteiger partial charge in [0.1, 0.15) is 6.29 Å². The second kappa shape index (κ2) is 5.96. The highest BCUT2D eigenvalue weighted by Gasteiger charge is 2.34. The molecule has 3 heteroatoms. The van der Waals surface area contributed by atoms with Crippen LogP contribution in [0, 0.1) is 5.41 Å². The standard InChI is InChI=1S/C14H26N2O/c1-15(10-11-16-8-4-5-9-16)12-14(13-17)6-2-3-7-14/h13H,2-12H2,1H3. The van der Waals surface area contributed by atoms with Crippen LogP contribution in [0.5, 0.6) is 0 Å². The van der Waals surface area contributed by atoms with E-state index in [0.717, 1.165) is 25.9 Å². The number of hydrogen-bond donors (Lipinski definition) is 0. The van der Waals surface area contributed by atoms with Gasteiger partial charge in [0.15, 0.2) is 0 Å². The average Bonchev–Trinajstić information content (AvgIpc) is 2.98. The molecule has 0 bridgehead atoms. The molecule has 2 fully saturated rings. The number of aldehydes is 1. The molecule has 0 unspecified atom stereocenters. The first kappa shape index (κ1) is 13.0. The molecular formula is C14H26N2O. The molecule has 0 atom stereocenters. The number of carbonyl (C=O) groups excluding carboxylic acids is 1. The maximum absolute atomic E-state index is 11.3. The van der Waals surface area contributed by atoms with Crippen molar-refractivity contribution in [1.29, 1.82) is 0 Å². The van der Waals surface area contributed by atoms with E-state index in [1.54, 1.807) is 0 Å². The molecule has 1 heterocycles. The second-order valence-corrected chi connectivity index (χ2v) is 5.97. The van der Waals surface area contributed by atoms with Gasteiger partial charge >= 0.3 is 0 Å². The molecule has 0 N–H and O–H groups in total. The molecule has 1 aliphatic heterocycles. The first-order valence-electron chi connectivity index (χ1n) is 7.11. The van der Waals surface area contributed by atoms with Gasteiger partial charge in [-0.25, -0.2) is 0 Å². The van der Waals surface area contributed by atoms with E-state index < -0.39 is 0 Å². The number of hydrogen-bond acceptors (Lipinski definition) is 3. The maximum atomic E-state index is 11.3. The van der Waals surface area contributed by atoms with Gasteiger partial charge in [-0.05, 0) is 45.8 Å². The minimum atomic E-state index is -0.0141. The van der Waals surface area contributed by atoms with Crippen molar-refractivity contribution in [3.8, 4) is 0 Å². The van der Waals surface area contributed by atoms with Crippen molar-refractivity contribution in [2.45, 2.75) is 38.5 Å².